The van der Waals surface area contributed by atoms with Crippen molar-refractivity contribution >= 4 is 11.6 Å². The van der Waals surface area contributed by atoms with Crippen LogP contribution in [-0.4, -0.2) is 40.2 Å². The van der Waals surface area contributed by atoms with E-state index in [4.69, 9.17) is 0 Å². The van der Waals surface area contributed by atoms with E-state index < -0.39 is 0 Å². The average Bonchev–Trinajstić information content (AvgIpc) is 3.02. The van der Waals surface area contributed by atoms with E-state index in [1.54, 1.807) is 18.3 Å². The molecule has 5 nitrogen and oxygen atoms in total. The summed E-state index contributed by atoms with van der Waals surface area (Å²) < 4.78 is 15.1. The van der Waals surface area contributed by atoms with Gasteiger partial charge in [0.25, 0.3) is 0 Å². The van der Waals surface area contributed by atoms with Crippen LogP contribution in [0.4, 0.5) is 10.1 Å². The van der Waals surface area contributed by atoms with Crippen LogP contribution in [-0.2, 0) is 11.3 Å². The normalized spacial score (nSPS) is 16.4. The molecule has 0 spiro atoms. The van der Waals surface area contributed by atoms with Gasteiger partial charge in [-0.2, -0.15) is 5.10 Å². The van der Waals surface area contributed by atoms with Crippen molar-refractivity contribution in [3.05, 3.63) is 48.5 Å². The molecule has 2 heterocycles. The molecule has 1 N–H and O–H groups in total. The van der Waals surface area contributed by atoms with E-state index in [1.165, 1.54) is 12.1 Å². The maximum Gasteiger partial charge on any atom is 0.238 e. The number of aromatic nitrogens is 2. The maximum atomic E-state index is 13.1. The van der Waals surface area contributed by atoms with Gasteiger partial charge >= 0.3 is 0 Å². The van der Waals surface area contributed by atoms with Crippen LogP contribution in [0.15, 0.2) is 42.7 Å². The van der Waals surface area contributed by atoms with Crippen molar-refractivity contribution in [2.24, 2.45) is 5.92 Å². The van der Waals surface area contributed by atoms with Crippen LogP contribution in [0.1, 0.15) is 12.8 Å². The van der Waals surface area contributed by atoms with Gasteiger partial charge in [0.1, 0.15) is 5.82 Å². The van der Waals surface area contributed by atoms with Crippen LogP contribution in [0.25, 0.3) is 0 Å². The van der Waals surface area contributed by atoms with Crippen molar-refractivity contribution in [1.29, 1.82) is 0 Å². The van der Waals surface area contributed by atoms with E-state index in [2.05, 4.69) is 15.3 Å². The number of benzene rings is 1. The molecule has 1 aromatic heterocycles. The quantitative estimate of drug-likeness (QED) is 0.921. The second-order valence-electron chi connectivity index (χ2n) is 6.01. The number of rotatable bonds is 5. The molecule has 1 aliphatic rings. The van der Waals surface area contributed by atoms with Crippen LogP contribution in [0.2, 0.25) is 0 Å². The number of amides is 1. The molecule has 0 aliphatic carbocycles. The fraction of sp³-hybridized carbons (Fsp3) is 0.412. The van der Waals surface area contributed by atoms with Crippen molar-refractivity contribution in [2.45, 2.75) is 19.4 Å². The summed E-state index contributed by atoms with van der Waals surface area (Å²) in [5.74, 6) is 0.167. The highest BCUT2D eigenvalue weighted by atomic mass is 19.1. The van der Waals surface area contributed by atoms with Gasteiger partial charge in [-0.25, -0.2) is 4.39 Å². The molecule has 0 saturated carbocycles. The van der Waals surface area contributed by atoms with E-state index >= 15 is 0 Å². The minimum absolute atomic E-state index is 0.0962. The molecule has 2 aromatic rings. The molecule has 1 fully saturated rings. The summed E-state index contributed by atoms with van der Waals surface area (Å²) in [6.07, 6.45) is 5.91. The Bertz CT molecular complexity index is 636. The largest absolute Gasteiger partial charge is 0.325 e. The van der Waals surface area contributed by atoms with Crippen LogP contribution in [0, 0.1) is 11.7 Å². The zero-order valence-electron chi connectivity index (χ0n) is 13.0. The fourth-order valence-corrected chi connectivity index (χ4v) is 2.97. The molecule has 1 saturated heterocycles. The highest BCUT2D eigenvalue weighted by Gasteiger charge is 2.21. The third-order valence-corrected chi connectivity index (χ3v) is 4.19. The molecule has 0 bridgehead atoms. The first-order chi connectivity index (χ1) is 11.2. The second kappa shape index (κ2) is 7.37. The Morgan fingerprint density at radius 1 is 1.30 bits per heavy atom. The third-order valence-electron chi connectivity index (χ3n) is 4.19. The molecule has 6 heteroatoms. The molecule has 0 radical (unpaired) electrons. The van der Waals surface area contributed by atoms with Gasteiger partial charge in [-0.15, -0.1) is 0 Å². The lowest BCUT2D eigenvalue weighted by Crippen LogP contribution is -2.40. The smallest absolute Gasteiger partial charge is 0.238 e. The number of hydrogen-bond acceptors (Lipinski definition) is 3. The molecule has 3 rings (SSSR count). The summed E-state index contributed by atoms with van der Waals surface area (Å²) >= 11 is 0. The maximum absolute atomic E-state index is 13.1. The summed E-state index contributed by atoms with van der Waals surface area (Å²) in [6.45, 7) is 3.10. The number of hydrogen-bond donors (Lipinski definition) is 1. The number of halogens is 1. The van der Waals surface area contributed by atoms with Gasteiger partial charge in [0, 0.05) is 24.6 Å². The van der Waals surface area contributed by atoms with Crippen LogP contribution in [0.3, 0.4) is 0 Å². The van der Waals surface area contributed by atoms with Gasteiger partial charge < -0.3 is 5.32 Å². The Labute approximate surface area is 135 Å². The number of piperidine rings is 1. The number of carbonyl (C=O) groups excluding carboxylic acids is 1. The van der Waals surface area contributed by atoms with Gasteiger partial charge in [0.15, 0.2) is 0 Å². The Morgan fingerprint density at radius 3 is 2.83 bits per heavy atom. The van der Waals surface area contributed by atoms with E-state index in [0.29, 0.717) is 18.2 Å². The van der Waals surface area contributed by atoms with Crippen molar-refractivity contribution in [3.8, 4) is 0 Å². The van der Waals surface area contributed by atoms with Crippen molar-refractivity contribution in [3.63, 3.8) is 0 Å². The molecule has 122 valence electrons. The van der Waals surface area contributed by atoms with Crippen molar-refractivity contribution < 1.29 is 9.18 Å². The van der Waals surface area contributed by atoms with E-state index in [-0.39, 0.29) is 11.7 Å². The molecular formula is C17H21FN4O. The Hall–Kier alpha value is -2.21. The van der Waals surface area contributed by atoms with Crippen LogP contribution < -0.4 is 5.32 Å². The number of likely N-dealkylation sites (tertiary alicyclic amines) is 1. The minimum atomic E-state index is -0.345. The van der Waals surface area contributed by atoms with E-state index in [9.17, 15) is 9.18 Å². The summed E-state index contributed by atoms with van der Waals surface area (Å²) in [7, 11) is 0. The molecular weight excluding hydrogens is 295 g/mol. The fourth-order valence-electron chi connectivity index (χ4n) is 2.97. The Balaban J connectivity index is 1.42. The highest BCUT2D eigenvalue weighted by molar-refractivity contribution is 5.92. The lowest BCUT2D eigenvalue weighted by molar-refractivity contribution is -0.117. The molecule has 1 aliphatic heterocycles. The van der Waals surface area contributed by atoms with Crippen molar-refractivity contribution in [2.75, 3.05) is 25.0 Å². The number of nitrogens with one attached hydrogen (secondary N) is 1. The second-order valence-corrected chi connectivity index (χ2v) is 6.01. The van der Waals surface area contributed by atoms with Gasteiger partial charge in [-0.3, -0.25) is 14.4 Å². The lowest BCUT2D eigenvalue weighted by atomic mass is 9.97. The van der Waals surface area contributed by atoms with Crippen LogP contribution in [0.5, 0.6) is 0 Å². The topological polar surface area (TPSA) is 50.2 Å². The van der Waals surface area contributed by atoms with Crippen molar-refractivity contribution in [1.82, 2.24) is 14.7 Å². The molecule has 23 heavy (non-hydrogen) atoms. The van der Waals surface area contributed by atoms with E-state index in [1.807, 2.05) is 16.9 Å². The summed E-state index contributed by atoms with van der Waals surface area (Å²) in [6, 6.07) is 7.91. The average molecular weight is 316 g/mol. The predicted molar refractivity (Wildman–Crippen MR) is 86.4 cm³/mol. The zero-order valence-corrected chi connectivity index (χ0v) is 13.0. The van der Waals surface area contributed by atoms with Gasteiger partial charge in [0.05, 0.1) is 6.54 Å². The van der Waals surface area contributed by atoms with Crippen LogP contribution >= 0.6 is 0 Å². The predicted octanol–water partition coefficient (Wildman–Crippen LogP) is 2.37. The Kier molecular flexibility index (Phi) is 5.02. The summed E-state index contributed by atoms with van der Waals surface area (Å²) in [4.78, 5) is 14.2. The number of nitrogens with zero attached hydrogens (tertiary/aromatic N) is 3. The first-order valence-electron chi connectivity index (χ1n) is 7.94. The minimum Gasteiger partial charge on any atom is -0.325 e. The first kappa shape index (κ1) is 15.7. The summed E-state index contributed by atoms with van der Waals surface area (Å²) in [5, 5.41) is 6.98. The lowest BCUT2D eigenvalue weighted by Gasteiger charge is -2.31. The standard InChI is InChI=1S/C17H21FN4O/c18-15-3-1-4-16(11-15)20-17(23)13-21-9-5-14(6-10-21)12-22-8-2-7-19-22/h1-4,7-8,11,14H,5-6,9-10,12-13H2,(H,20,23). The highest BCUT2D eigenvalue weighted by Crippen LogP contribution is 2.19. The first-order valence-corrected chi connectivity index (χ1v) is 7.94. The van der Waals surface area contributed by atoms with Gasteiger partial charge in [-0.05, 0) is 56.1 Å². The molecule has 1 amide bonds. The molecule has 1 aromatic carbocycles. The molecule has 0 unspecified atom stereocenters. The summed E-state index contributed by atoms with van der Waals surface area (Å²) in [5.41, 5.74) is 0.503. The monoisotopic (exact) mass is 316 g/mol. The molecule has 0 atom stereocenters. The zero-order chi connectivity index (χ0) is 16.1. The number of anilines is 1. The number of carbonyl (C=O) groups is 1. The van der Waals surface area contributed by atoms with Gasteiger partial charge in [0.2, 0.25) is 5.91 Å². The Morgan fingerprint density at radius 2 is 2.13 bits per heavy atom. The van der Waals surface area contributed by atoms with E-state index in [0.717, 1.165) is 32.5 Å². The third kappa shape index (κ3) is 4.63. The SMILES string of the molecule is O=C(CN1CCC(Cn2cccn2)CC1)Nc1cccc(F)c1. The van der Waals surface area contributed by atoms with Gasteiger partial charge in [-0.1, -0.05) is 6.07 Å².